The number of halogens is 1. The molecule has 76 valence electrons. The summed E-state index contributed by atoms with van der Waals surface area (Å²) < 4.78 is 1.09. The molecule has 0 heterocycles. The summed E-state index contributed by atoms with van der Waals surface area (Å²) in [5, 5.41) is 0. The molecule has 0 amide bonds. The molecule has 3 heteroatoms. The van der Waals surface area contributed by atoms with Gasteiger partial charge in [-0.1, -0.05) is 28.1 Å². The minimum absolute atomic E-state index is 0.146. The van der Waals surface area contributed by atoms with Gasteiger partial charge in [0.1, 0.15) is 0 Å². The fourth-order valence-corrected chi connectivity index (χ4v) is 2.40. The maximum atomic E-state index is 6.16. The van der Waals surface area contributed by atoms with Gasteiger partial charge in [0, 0.05) is 16.6 Å². The van der Waals surface area contributed by atoms with E-state index in [0.29, 0.717) is 12.0 Å². The van der Waals surface area contributed by atoms with Crippen molar-refractivity contribution >= 4 is 15.9 Å². The molecule has 0 saturated heterocycles. The summed E-state index contributed by atoms with van der Waals surface area (Å²) in [7, 11) is 0. The van der Waals surface area contributed by atoms with Gasteiger partial charge in [-0.3, -0.25) is 0 Å². The Balaban J connectivity index is 2.07. The quantitative estimate of drug-likeness (QED) is 0.851. The van der Waals surface area contributed by atoms with E-state index in [-0.39, 0.29) is 6.04 Å². The number of hydrogen-bond donors (Lipinski definition) is 2. The van der Waals surface area contributed by atoms with Gasteiger partial charge in [-0.15, -0.1) is 0 Å². The van der Waals surface area contributed by atoms with Gasteiger partial charge in [0.05, 0.1) is 0 Å². The largest absolute Gasteiger partial charge is 0.328 e. The summed E-state index contributed by atoms with van der Waals surface area (Å²) in [5.74, 6) is 0.569. The average molecular weight is 255 g/mol. The van der Waals surface area contributed by atoms with Crippen molar-refractivity contribution in [1.82, 2.24) is 0 Å². The van der Waals surface area contributed by atoms with Crippen LogP contribution in [0.15, 0.2) is 28.7 Å². The molecule has 2 rings (SSSR count). The third-order valence-corrected chi connectivity index (χ3v) is 3.45. The SMILES string of the molecule is NC1CC(C(N)c2cccc(Br)c2)C1. The first-order chi connectivity index (χ1) is 6.66. The summed E-state index contributed by atoms with van der Waals surface area (Å²) >= 11 is 3.45. The van der Waals surface area contributed by atoms with Crippen LogP contribution < -0.4 is 11.5 Å². The molecule has 1 aliphatic carbocycles. The second-order valence-electron chi connectivity index (χ2n) is 4.07. The Bertz CT molecular complexity index is 321. The van der Waals surface area contributed by atoms with Gasteiger partial charge in [0.15, 0.2) is 0 Å². The lowest BCUT2D eigenvalue weighted by molar-refractivity contribution is 0.224. The Kier molecular flexibility index (Phi) is 2.91. The molecule has 1 aliphatic rings. The van der Waals surface area contributed by atoms with Gasteiger partial charge in [0.25, 0.3) is 0 Å². The number of nitrogens with two attached hydrogens (primary N) is 2. The maximum Gasteiger partial charge on any atom is 0.0325 e. The van der Waals surface area contributed by atoms with Crippen LogP contribution in [0.2, 0.25) is 0 Å². The summed E-state index contributed by atoms with van der Waals surface area (Å²) in [5.41, 5.74) is 13.1. The summed E-state index contributed by atoms with van der Waals surface area (Å²) in [6.07, 6.45) is 2.13. The lowest BCUT2D eigenvalue weighted by Gasteiger charge is -2.37. The predicted octanol–water partition coefficient (Wildman–Crippen LogP) is 2.19. The summed E-state index contributed by atoms with van der Waals surface area (Å²) in [4.78, 5) is 0. The summed E-state index contributed by atoms with van der Waals surface area (Å²) in [6, 6.07) is 8.74. The van der Waals surface area contributed by atoms with Gasteiger partial charge in [-0.05, 0) is 36.5 Å². The van der Waals surface area contributed by atoms with E-state index in [1.54, 1.807) is 0 Å². The standard InChI is InChI=1S/C11H15BrN2/c12-9-3-1-2-7(4-9)11(14)8-5-10(13)6-8/h1-4,8,10-11H,5-6,13-14H2. The van der Waals surface area contributed by atoms with E-state index in [9.17, 15) is 0 Å². The van der Waals surface area contributed by atoms with Crippen molar-refractivity contribution in [3.8, 4) is 0 Å². The lowest BCUT2D eigenvalue weighted by Crippen LogP contribution is -2.41. The second-order valence-corrected chi connectivity index (χ2v) is 4.99. The molecule has 14 heavy (non-hydrogen) atoms. The first-order valence-corrected chi connectivity index (χ1v) is 5.73. The molecule has 1 aromatic carbocycles. The minimum Gasteiger partial charge on any atom is -0.328 e. The van der Waals surface area contributed by atoms with Gasteiger partial charge < -0.3 is 11.5 Å². The highest BCUT2D eigenvalue weighted by Crippen LogP contribution is 2.35. The smallest absolute Gasteiger partial charge is 0.0325 e. The molecule has 0 aromatic heterocycles. The Morgan fingerprint density at radius 2 is 2.07 bits per heavy atom. The Morgan fingerprint density at radius 3 is 2.64 bits per heavy atom. The van der Waals surface area contributed by atoms with Crippen molar-refractivity contribution in [2.75, 3.05) is 0 Å². The maximum absolute atomic E-state index is 6.16. The minimum atomic E-state index is 0.146. The summed E-state index contributed by atoms with van der Waals surface area (Å²) in [6.45, 7) is 0. The van der Waals surface area contributed by atoms with Gasteiger partial charge in [-0.2, -0.15) is 0 Å². The van der Waals surface area contributed by atoms with Crippen LogP contribution in [0.1, 0.15) is 24.4 Å². The third-order valence-electron chi connectivity index (χ3n) is 2.95. The highest BCUT2D eigenvalue weighted by atomic mass is 79.9. The van der Waals surface area contributed by atoms with Crippen LogP contribution in [0.25, 0.3) is 0 Å². The van der Waals surface area contributed by atoms with Crippen molar-refractivity contribution in [3.63, 3.8) is 0 Å². The third kappa shape index (κ3) is 2.00. The Morgan fingerprint density at radius 1 is 1.36 bits per heavy atom. The first-order valence-electron chi connectivity index (χ1n) is 4.93. The van der Waals surface area contributed by atoms with Crippen LogP contribution in [0.4, 0.5) is 0 Å². The average Bonchev–Trinajstić information content (AvgIpc) is 2.12. The van der Waals surface area contributed by atoms with E-state index >= 15 is 0 Å². The normalized spacial score (nSPS) is 28.2. The molecule has 0 bridgehead atoms. The number of hydrogen-bond acceptors (Lipinski definition) is 2. The molecule has 1 fully saturated rings. The zero-order chi connectivity index (χ0) is 10.1. The topological polar surface area (TPSA) is 52.0 Å². The van der Waals surface area contributed by atoms with Crippen molar-refractivity contribution in [3.05, 3.63) is 34.3 Å². The molecule has 1 saturated carbocycles. The van der Waals surface area contributed by atoms with E-state index < -0.39 is 0 Å². The Hall–Kier alpha value is -0.380. The predicted molar refractivity (Wildman–Crippen MR) is 61.8 cm³/mol. The molecule has 1 unspecified atom stereocenters. The fourth-order valence-electron chi connectivity index (χ4n) is 1.99. The molecule has 0 spiro atoms. The molecule has 0 radical (unpaired) electrons. The van der Waals surface area contributed by atoms with E-state index in [0.717, 1.165) is 17.3 Å². The van der Waals surface area contributed by atoms with Crippen molar-refractivity contribution in [1.29, 1.82) is 0 Å². The molecule has 1 atom stereocenters. The van der Waals surface area contributed by atoms with Gasteiger partial charge in [-0.25, -0.2) is 0 Å². The van der Waals surface area contributed by atoms with Crippen LogP contribution in [0.3, 0.4) is 0 Å². The van der Waals surface area contributed by atoms with Crippen molar-refractivity contribution < 1.29 is 0 Å². The van der Waals surface area contributed by atoms with E-state index in [2.05, 4.69) is 28.1 Å². The fraction of sp³-hybridized carbons (Fsp3) is 0.455. The van der Waals surface area contributed by atoms with Crippen molar-refractivity contribution in [2.45, 2.75) is 24.9 Å². The zero-order valence-corrected chi connectivity index (χ0v) is 9.57. The van der Waals surface area contributed by atoms with Crippen LogP contribution in [-0.4, -0.2) is 6.04 Å². The molecular weight excluding hydrogens is 240 g/mol. The number of benzene rings is 1. The van der Waals surface area contributed by atoms with Gasteiger partial charge >= 0.3 is 0 Å². The second kappa shape index (κ2) is 4.01. The number of rotatable bonds is 2. The molecule has 0 aliphatic heterocycles. The zero-order valence-electron chi connectivity index (χ0n) is 7.99. The monoisotopic (exact) mass is 254 g/mol. The molecule has 2 nitrogen and oxygen atoms in total. The molecule has 1 aromatic rings. The van der Waals surface area contributed by atoms with E-state index in [4.69, 9.17) is 11.5 Å². The first kappa shape index (κ1) is 10.1. The molecule has 4 N–H and O–H groups in total. The van der Waals surface area contributed by atoms with Crippen LogP contribution in [0.5, 0.6) is 0 Å². The van der Waals surface area contributed by atoms with Gasteiger partial charge in [0.2, 0.25) is 0 Å². The van der Waals surface area contributed by atoms with Crippen molar-refractivity contribution in [2.24, 2.45) is 17.4 Å². The molecular formula is C11H15BrN2. The van der Waals surface area contributed by atoms with E-state index in [1.807, 2.05) is 12.1 Å². The van der Waals surface area contributed by atoms with Crippen LogP contribution in [0, 0.1) is 5.92 Å². The Labute approximate surface area is 92.8 Å². The highest BCUT2D eigenvalue weighted by molar-refractivity contribution is 9.10. The van der Waals surface area contributed by atoms with Crippen LogP contribution in [-0.2, 0) is 0 Å². The highest BCUT2D eigenvalue weighted by Gasteiger charge is 2.31. The lowest BCUT2D eigenvalue weighted by atomic mass is 9.74. The van der Waals surface area contributed by atoms with E-state index in [1.165, 1.54) is 5.56 Å². The van der Waals surface area contributed by atoms with Crippen LogP contribution >= 0.6 is 15.9 Å².